The highest BCUT2D eigenvalue weighted by Gasteiger charge is 2.26. The Bertz CT molecular complexity index is 247. The minimum Gasteiger partial charge on any atom is -0.481 e. The number of carboxylic acids is 1. The van der Waals surface area contributed by atoms with Gasteiger partial charge in [-0.05, 0) is 37.6 Å². The predicted molar refractivity (Wildman–Crippen MR) is 68.0 cm³/mol. The number of aliphatic carboxylic acids is 1. The molecule has 0 bridgehead atoms. The highest BCUT2D eigenvalue weighted by Crippen LogP contribution is 2.26. The van der Waals surface area contributed by atoms with Crippen LogP contribution in [0.2, 0.25) is 0 Å². The minimum absolute atomic E-state index is 0.362. The minimum atomic E-state index is -0.633. The molecule has 1 heterocycles. The summed E-state index contributed by atoms with van der Waals surface area (Å²) < 4.78 is 0. The molecule has 2 fully saturated rings. The zero-order valence-corrected chi connectivity index (χ0v) is 10.7. The van der Waals surface area contributed by atoms with Crippen LogP contribution in [0.3, 0.4) is 0 Å². The maximum atomic E-state index is 10.7. The van der Waals surface area contributed by atoms with E-state index in [1.54, 1.807) is 0 Å². The number of likely N-dealkylation sites (tertiary alicyclic amines) is 1. The van der Waals surface area contributed by atoms with E-state index in [0.717, 1.165) is 25.4 Å². The fourth-order valence-electron chi connectivity index (χ4n) is 3.40. The molecule has 0 aromatic heterocycles. The molecule has 0 amide bonds. The molecule has 0 aromatic carbocycles. The summed E-state index contributed by atoms with van der Waals surface area (Å²) in [6.07, 6.45) is 9.85. The van der Waals surface area contributed by atoms with E-state index in [2.05, 4.69) is 4.90 Å². The lowest BCUT2D eigenvalue weighted by Gasteiger charge is -2.22. The van der Waals surface area contributed by atoms with Gasteiger partial charge in [0, 0.05) is 19.5 Å². The first kappa shape index (κ1) is 12.9. The number of nitrogens with zero attached hydrogens (tertiary/aromatic N) is 1. The maximum absolute atomic E-state index is 10.7. The van der Waals surface area contributed by atoms with E-state index in [4.69, 9.17) is 5.11 Å². The fourth-order valence-corrected chi connectivity index (χ4v) is 3.40. The van der Waals surface area contributed by atoms with Crippen LogP contribution in [0, 0.1) is 11.8 Å². The van der Waals surface area contributed by atoms with E-state index in [1.165, 1.54) is 45.1 Å². The van der Waals surface area contributed by atoms with Gasteiger partial charge < -0.3 is 10.0 Å². The van der Waals surface area contributed by atoms with Crippen LogP contribution in [0.15, 0.2) is 0 Å². The standard InChI is InChI=1S/C14H25NO2/c16-14(17)9-13-7-8-15(11-13)10-12-5-3-1-2-4-6-12/h12-13H,1-11H2,(H,16,17). The summed E-state index contributed by atoms with van der Waals surface area (Å²) in [7, 11) is 0. The Hall–Kier alpha value is -0.570. The van der Waals surface area contributed by atoms with E-state index in [9.17, 15) is 4.79 Å². The van der Waals surface area contributed by atoms with E-state index < -0.39 is 5.97 Å². The smallest absolute Gasteiger partial charge is 0.303 e. The molecule has 0 spiro atoms. The van der Waals surface area contributed by atoms with Crippen molar-refractivity contribution in [1.29, 1.82) is 0 Å². The third-order valence-corrected chi connectivity index (χ3v) is 4.32. The van der Waals surface area contributed by atoms with Crippen molar-refractivity contribution in [3.8, 4) is 0 Å². The Morgan fingerprint density at radius 2 is 1.76 bits per heavy atom. The Balaban J connectivity index is 1.71. The van der Waals surface area contributed by atoms with Gasteiger partial charge in [-0.3, -0.25) is 4.79 Å². The first-order valence-electron chi connectivity index (χ1n) is 7.18. The highest BCUT2D eigenvalue weighted by molar-refractivity contribution is 5.67. The van der Waals surface area contributed by atoms with Gasteiger partial charge in [-0.25, -0.2) is 0 Å². The molecule has 1 saturated heterocycles. The molecule has 1 aliphatic heterocycles. The lowest BCUT2D eigenvalue weighted by molar-refractivity contribution is -0.138. The molecule has 98 valence electrons. The number of carbonyl (C=O) groups is 1. The van der Waals surface area contributed by atoms with Crippen molar-refractivity contribution in [2.45, 2.75) is 51.4 Å². The van der Waals surface area contributed by atoms with Crippen LogP contribution in [0.1, 0.15) is 51.4 Å². The van der Waals surface area contributed by atoms with Crippen molar-refractivity contribution in [2.24, 2.45) is 11.8 Å². The fraction of sp³-hybridized carbons (Fsp3) is 0.929. The number of rotatable bonds is 4. The van der Waals surface area contributed by atoms with Gasteiger partial charge in [0.1, 0.15) is 0 Å². The molecule has 1 atom stereocenters. The van der Waals surface area contributed by atoms with Gasteiger partial charge in [-0.2, -0.15) is 0 Å². The molecule has 0 radical (unpaired) electrons. The average molecular weight is 239 g/mol. The lowest BCUT2D eigenvalue weighted by Crippen LogP contribution is -2.27. The summed E-state index contributed by atoms with van der Waals surface area (Å²) in [4.78, 5) is 13.2. The lowest BCUT2D eigenvalue weighted by atomic mass is 10.00. The first-order valence-corrected chi connectivity index (χ1v) is 7.18. The molecule has 1 N–H and O–H groups in total. The first-order chi connectivity index (χ1) is 8.24. The zero-order valence-electron chi connectivity index (χ0n) is 10.7. The van der Waals surface area contributed by atoms with Crippen LogP contribution in [-0.2, 0) is 4.79 Å². The van der Waals surface area contributed by atoms with Gasteiger partial charge in [0.25, 0.3) is 0 Å². The quantitative estimate of drug-likeness (QED) is 0.767. The van der Waals surface area contributed by atoms with Crippen molar-refractivity contribution in [2.75, 3.05) is 19.6 Å². The van der Waals surface area contributed by atoms with Crippen LogP contribution >= 0.6 is 0 Å². The zero-order chi connectivity index (χ0) is 12.1. The summed E-state index contributed by atoms with van der Waals surface area (Å²) in [6.45, 7) is 3.35. The van der Waals surface area contributed by atoms with Crippen LogP contribution in [0.4, 0.5) is 0 Å². The van der Waals surface area contributed by atoms with Gasteiger partial charge in [0.2, 0.25) is 0 Å². The van der Waals surface area contributed by atoms with E-state index in [0.29, 0.717) is 12.3 Å². The van der Waals surface area contributed by atoms with Gasteiger partial charge in [-0.15, -0.1) is 0 Å². The summed E-state index contributed by atoms with van der Waals surface area (Å²) in [6, 6.07) is 0. The van der Waals surface area contributed by atoms with Crippen molar-refractivity contribution >= 4 is 5.97 Å². The molecule has 2 rings (SSSR count). The van der Waals surface area contributed by atoms with Gasteiger partial charge in [0.05, 0.1) is 0 Å². The second kappa shape index (κ2) is 6.39. The predicted octanol–water partition coefficient (Wildman–Crippen LogP) is 2.75. The normalized spacial score (nSPS) is 28.1. The van der Waals surface area contributed by atoms with E-state index in [-0.39, 0.29) is 0 Å². The Morgan fingerprint density at radius 1 is 1.06 bits per heavy atom. The molecule has 0 aromatic rings. The summed E-state index contributed by atoms with van der Waals surface area (Å²) in [5.41, 5.74) is 0. The number of hydrogen-bond acceptors (Lipinski definition) is 2. The monoisotopic (exact) mass is 239 g/mol. The SMILES string of the molecule is O=C(O)CC1CCN(CC2CCCCCC2)C1. The molecule has 2 aliphatic rings. The molecule has 1 unspecified atom stereocenters. The van der Waals surface area contributed by atoms with Crippen molar-refractivity contribution in [1.82, 2.24) is 4.90 Å². The number of hydrogen-bond donors (Lipinski definition) is 1. The summed E-state index contributed by atoms with van der Waals surface area (Å²) >= 11 is 0. The topological polar surface area (TPSA) is 40.5 Å². The van der Waals surface area contributed by atoms with Gasteiger partial charge in [-0.1, -0.05) is 25.7 Å². The van der Waals surface area contributed by atoms with Crippen LogP contribution in [0.25, 0.3) is 0 Å². The second-order valence-electron chi connectivity index (χ2n) is 5.87. The largest absolute Gasteiger partial charge is 0.481 e. The molecular weight excluding hydrogens is 214 g/mol. The average Bonchev–Trinajstić information content (AvgIpc) is 2.54. The van der Waals surface area contributed by atoms with Gasteiger partial charge >= 0.3 is 5.97 Å². The summed E-state index contributed by atoms with van der Waals surface area (Å²) in [5.74, 6) is 0.644. The van der Waals surface area contributed by atoms with E-state index >= 15 is 0 Å². The number of carboxylic acid groups (broad SMARTS) is 1. The Labute approximate surface area is 104 Å². The van der Waals surface area contributed by atoms with Crippen LogP contribution < -0.4 is 0 Å². The summed E-state index contributed by atoms with van der Waals surface area (Å²) in [5, 5.41) is 8.80. The Morgan fingerprint density at radius 3 is 2.41 bits per heavy atom. The molecule has 3 heteroatoms. The Kier molecular flexibility index (Phi) is 4.84. The second-order valence-corrected chi connectivity index (χ2v) is 5.87. The molecule has 17 heavy (non-hydrogen) atoms. The highest BCUT2D eigenvalue weighted by atomic mass is 16.4. The maximum Gasteiger partial charge on any atom is 0.303 e. The van der Waals surface area contributed by atoms with Gasteiger partial charge in [0.15, 0.2) is 0 Å². The van der Waals surface area contributed by atoms with E-state index in [1.807, 2.05) is 0 Å². The molecule has 1 aliphatic carbocycles. The van der Waals surface area contributed by atoms with Crippen molar-refractivity contribution in [3.63, 3.8) is 0 Å². The van der Waals surface area contributed by atoms with Crippen molar-refractivity contribution in [3.05, 3.63) is 0 Å². The van der Waals surface area contributed by atoms with Crippen molar-refractivity contribution < 1.29 is 9.90 Å². The third kappa shape index (κ3) is 4.30. The molecule has 1 saturated carbocycles. The van der Waals surface area contributed by atoms with Crippen LogP contribution in [0.5, 0.6) is 0 Å². The molecule has 3 nitrogen and oxygen atoms in total. The third-order valence-electron chi connectivity index (χ3n) is 4.32. The molecular formula is C14H25NO2. The van der Waals surface area contributed by atoms with Crippen LogP contribution in [-0.4, -0.2) is 35.6 Å².